The molecule has 0 radical (unpaired) electrons. The van der Waals surface area contributed by atoms with Crippen molar-refractivity contribution in [1.82, 2.24) is 14.9 Å². The van der Waals surface area contributed by atoms with Gasteiger partial charge in [0.2, 0.25) is 0 Å². The van der Waals surface area contributed by atoms with E-state index in [2.05, 4.69) is 9.97 Å². The first-order valence-corrected chi connectivity index (χ1v) is 10.8. The van der Waals surface area contributed by atoms with E-state index in [9.17, 15) is 14.4 Å². The van der Waals surface area contributed by atoms with E-state index in [1.54, 1.807) is 11.0 Å². The minimum atomic E-state index is -0.495. The molecule has 8 heteroatoms. The summed E-state index contributed by atoms with van der Waals surface area (Å²) in [4.78, 5) is 49.0. The number of allylic oxidation sites excluding steroid dienone is 2. The van der Waals surface area contributed by atoms with Crippen molar-refractivity contribution in [1.29, 1.82) is 0 Å². The van der Waals surface area contributed by atoms with Gasteiger partial charge in [0.15, 0.2) is 11.6 Å². The summed E-state index contributed by atoms with van der Waals surface area (Å²) in [6, 6.07) is 10.9. The molecule has 3 aromatic rings. The van der Waals surface area contributed by atoms with E-state index in [1.807, 2.05) is 36.4 Å². The highest BCUT2D eigenvalue weighted by Gasteiger charge is 2.67. The second kappa shape index (κ2) is 5.64. The molecule has 3 N–H and O–H groups in total. The topological polar surface area (TPSA) is 112 Å². The van der Waals surface area contributed by atoms with Gasteiger partial charge in [-0.1, -0.05) is 24.3 Å². The fraction of sp³-hybridized carbons (Fsp3) is 0.250. The Kier molecular flexibility index (Phi) is 3.12. The smallest absolute Gasteiger partial charge is 0.319 e. The first-order chi connectivity index (χ1) is 15.5. The van der Waals surface area contributed by atoms with Crippen LogP contribution in [-0.2, 0) is 11.8 Å². The molecule has 2 atom stereocenters. The number of amides is 3. The number of aromatic amines is 1. The van der Waals surface area contributed by atoms with Crippen molar-refractivity contribution in [3.63, 3.8) is 0 Å². The van der Waals surface area contributed by atoms with Crippen molar-refractivity contribution < 1.29 is 14.4 Å². The van der Waals surface area contributed by atoms with Crippen LogP contribution < -0.4 is 10.6 Å². The van der Waals surface area contributed by atoms with Gasteiger partial charge in [-0.15, -0.1) is 0 Å². The largest absolute Gasteiger partial charge is 0.351 e. The number of urea groups is 1. The Bertz CT molecular complexity index is 1440. The molecule has 8 nitrogen and oxygen atoms in total. The van der Waals surface area contributed by atoms with Crippen molar-refractivity contribution in [2.45, 2.75) is 18.3 Å². The number of carbonyl (C=O) groups is 3. The minimum absolute atomic E-state index is 0.0551. The Morgan fingerprint density at radius 2 is 2.00 bits per heavy atom. The molecule has 1 unspecified atom stereocenters. The maximum Gasteiger partial charge on any atom is 0.319 e. The summed E-state index contributed by atoms with van der Waals surface area (Å²) in [5.41, 5.74) is 10.9. The van der Waals surface area contributed by atoms with Crippen LogP contribution in [0.25, 0.3) is 11.0 Å². The van der Waals surface area contributed by atoms with Gasteiger partial charge in [0, 0.05) is 41.4 Å². The van der Waals surface area contributed by atoms with Crippen molar-refractivity contribution in [3.05, 3.63) is 70.7 Å². The number of nitrogens with zero attached hydrogens (tertiary/aromatic N) is 3. The number of rotatable bonds is 1. The number of ketones is 1. The third-order valence-electron chi connectivity index (χ3n) is 7.52. The van der Waals surface area contributed by atoms with Crippen molar-refractivity contribution >= 4 is 34.4 Å². The van der Waals surface area contributed by atoms with Gasteiger partial charge in [0.1, 0.15) is 0 Å². The maximum absolute atomic E-state index is 13.5. The fourth-order valence-corrected chi connectivity index (χ4v) is 6.00. The molecule has 1 saturated carbocycles. The van der Waals surface area contributed by atoms with Crippen molar-refractivity contribution in [2.75, 3.05) is 18.0 Å². The van der Waals surface area contributed by atoms with Gasteiger partial charge in [-0.2, -0.15) is 0 Å². The van der Waals surface area contributed by atoms with Gasteiger partial charge in [-0.05, 0) is 36.5 Å². The van der Waals surface area contributed by atoms with Crippen molar-refractivity contribution in [3.8, 4) is 0 Å². The van der Waals surface area contributed by atoms with E-state index < -0.39 is 6.03 Å². The van der Waals surface area contributed by atoms with Gasteiger partial charge >= 0.3 is 6.03 Å². The predicted molar refractivity (Wildman–Crippen MR) is 116 cm³/mol. The standard InChI is InChI=1S/C24H19N5O3/c25-23(32)28-8-7-14-17(28)6-5-16-20(14)27-21(26-16)22(31)29-11-12-10-24(12)15-4-2-1-3-13(15)18(30)9-19(24)29/h1-6,9,12H,7-8,10-11H2,(H2,25,32)(H,26,27)/t12-,24?/m1/s1. The number of H-pyrrole nitrogens is 1. The Labute approximate surface area is 182 Å². The molecule has 1 aromatic heterocycles. The first kappa shape index (κ1) is 17.7. The Morgan fingerprint density at radius 1 is 1.16 bits per heavy atom. The lowest BCUT2D eigenvalue weighted by Crippen LogP contribution is -2.34. The van der Waals surface area contributed by atoms with Crippen molar-refractivity contribution in [2.24, 2.45) is 11.7 Å². The summed E-state index contributed by atoms with van der Waals surface area (Å²) in [5.74, 6) is 0.282. The second-order valence-corrected chi connectivity index (χ2v) is 9.01. The zero-order chi connectivity index (χ0) is 21.8. The molecular weight excluding hydrogens is 406 g/mol. The molecule has 3 heterocycles. The van der Waals surface area contributed by atoms with Gasteiger partial charge in [0.05, 0.1) is 16.7 Å². The minimum Gasteiger partial charge on any atom is -0.351 e. The molecule has 7 rings (SSSR count). The number of primary amides is 1. The molecule has 2 aliphatic carbocycles. The molecule has 1 saturated heterocycles. The molecule has 32 heavy (non-hydrogen) atoms. The summed E-state index contributed by atoms with van der Waals surface area (Å²) in [5, 5.41) is 0. The summed E-state index contributed by atoms with van der Waals surface area (Å²) in [7, 11) is 0. The van der Waals surface area contributed by atoms with Crippen LogP contribution in [-0.4, -0.2) is 45.7 Å². The van der Waals surface area contributed by atoms with E-state index in [0.29, 0.717) is 30.9 Å². The van der Waals surface area contributed by atoms with E-state index in [0.717, 1.165) is 40.0 Å². The predicted octanol–water partition coefficient (Wildman–Crippen LogP) is 2.50. The summed E-state index contributed by atoms with van der Waals surface area (Å²) in [6.45, 7) is 1.08. The monoisotopic (exact) mass is 425 g/mol. The fourth-order valence-electron chi connectivity index (χ4n) is 6.00. The molecule has 0 bridgehead atoms. The van der Waals surface area contributed by atoms with Crippen LogP contribution in [0, 0.1) is 5.92 Å². The van der Waals surface area contributed by atoms with Crippen LogP contribution in [0.4, 0.5) is 10.5 Å². The number of imidazole rings is 1. The van der Waals surface area contributed by atoms with E-state index >= 15 is 0 Å². The van der Waals surface area contributed by atoms with Crippen LogP contribution in [0.15, 0.2) is 48.2 Å². The summed E-state index contributed by atoms with van der Waals surface area (Å²) >= 11 is 0. The van der Waals surface area contributed by atoms with Gasteiger partial charge in [0.25, 0.3) is 5.91 Å². The van der Waals surface area contributed by atoms with Gasteiger partial charge < -0.3 is 15.6 Å². The quantitative estimate of drug-likeness (QED) is 0.624. The highest BCUT2D eigenvalue weighted by molar-refractivity contribution is 6.10. The van der Waals surface area contributed by atoms with E-state index in [1.165, 1.54) is 4.90 Å². The number of hydrogen-bond donors (Lipinski definition) is 2. The molecule has 1 spiro atoms. The lowest BCUT2D eigenvalue weighted by Gasteiger charge is -2.28. The third kappa shape index (κ3) is 2.02. The second-order valence-electron chi connectivity index (χ2n) is 9.01. The molecule has 4 aliphatic rings. The number of hydrogen-bond acceptors (Lipinski definition) is 4. The summed E-state index contributed by atoms with van der Waals surface area (Å²) < 4.78 is 0. The number of aromatic nitrogens is 2. The Morgan fingerprint density at radius 3 is 2.84 bits per heavy atom. The van der Waals surface area contributed by atoms with Gasteiger partial charge in [-0.3, -0.25) is 14.5 Å². The van der Waals surface area contributed by atoms with Crippen LogP contribution in [0.1, 0.15) is 38.5 Å². The lowest BCUT2D eigenvalue weighted by atomic mass is 9.81. The highest BCUT2D eigenvalue weighted by atomic mass is 16.2. The SMILES string of the molecule is NC(=O)N1CCc2c1ccc1[nH]c(C(=O)N3C[C@H]4CC45C3=CC(=O)c3ccccc35)nc21. The Balaban J connectivity index is 1.28. The highest BCUT2D eigenvalue weighted by Crippen LogP contribution is 2.66. The molecule has 2 fully saturated rings. The number of nitrogens with two attached hydrogens (primary N) is 1. The number of carbonyl (C=O) groups excluding carboxylic acids is 3. The molecule has 158 valence electrons. The van der Waals surface area contributed by atoms with Crippen LogP contribution >= 0.6 is 0 Å². The van der Waals surface area contributed by atoms with Crippen LogP contribution in [0.5, 0.6) is 0 Å². The number of piperidine rings is 1. The third-order valence-corrected chi connectivity index (χ3v) is 7.52. The molecule has 3 amide bonds. The average molecular weight is 425 g/mol. The number of anilines is 1. The number of fused-ring (bicyclic) bond motifs is 4. The number of nitrogens with one attached hydrogen (secondary N) is 1. The zero-order valence-electron chi connectivity index (χ0n) is 17.1. The van der Waals surface area contributed by atoms with E-state index in [-0.39, 0.29) is 22.9 Å². The van der Waals surface area contributed by atoms with Crippen LogP contribution in [0.2, 0.25) is 0 Å². The maximum atomic E-state index is 13.5. The molecular formula is C24H19N5O3. The zero-order valence-corrected chi connectivity index (χ0v) is 17.1. The lowest BCUT2D eigenvalue weighted by molar-refractivity contribution is 0.0801. The molecule has 2 aromatic carbocycles. The average Bonchev–Trinajstić information content (AvgIpc) is 3.13. The van der Waals surface area contributed by atoms with E-state index in [4.69, 9.17) is 5.73 Å². The number of likely N-dealkylation sites (tertiary alicyclic amines) is 1. The molecule has 2 aliphatic heterocycles. The van der Waals surface area contributed by atoms with Gasteiger partial charge in [-0.25, -0.2) is 9.78 Å². The first-order valence-electron chi connectivity index (χ1n) is 10.8. The number of benzene rings is 2. The Hall–Kier alpha value is -3.94. The van der Waals surface area contributed by atoms with Crippen LogP contribution in [0.3, 0.4) is 0 Å². The normalized spacial score (nSPS) is 24.7. The summed E-state index contributed by atoms with van der Waals surface area (Å²) in [6.07, 6.45) is 3.24.